The normalized spacial score (nSPS) is 20.0. The maximum Gasteiger partial charge on any atom is 0.238 e. The zero-order valence-electron chi connectivity index (χ0n) is 18.1. The number of nitrogens with zero attached hydrogens (tertiary/aromatic N) is 3. The highest BCUT2D eigenvalue weighted by Gasteiger charge is 2.28. The Morgan fingerprint density at radius 3 is 2.71 bits per heavy atom. The Hall–Kier alpha value is -2.28. The van der Waals surface area contributed by atoms with Crippen molar-refractivity contribution in [2.75, 3.05) is 38.0 Å². The van der Waals surface area contributed by atoms with Gasteiger partial charge in [-0.15, -0.1) is 11.3 Å². The van der Waals surface area contributed by atoms with Crippen LogP contribution in [0.3, 0.4) is 0 Å². The van der Waals surface area contributed by atoms with Gasteiger partial charge in [-0.05, 0) is 94.2 Å². The van der Waals surface area contributed by atoms with Gasteiger partial charge in [0.1, 0.15) is 5.01 Å². The molecule has 6 heteroatoms. The number of hydrogen-bond acceptors (Lipinski definition) is 5. The summed E-state index contributed by atoms with van der Waals surface area (Å²) in [6.07, 6.45) is 5.04. The Kier molecular flexibility index (Phi) is 6.03. The molecule has 0 radical (unpaired) electrons. The lowest BCUT2D eigenvalue weighted by Gasteiger charge is -2.27. The first kappa shape index (κ1) is 20.6. The van der Waals surface area contributed by atoms with E-state index in [1.54, 1.807) is 11.3 Å². The number of anilines is 1. The molecule has 1 unspecified atom stereocenters. The van der Waals surface area contributed by atoms with Gasteiger partial charge in [-0.2, -0.15) is 0 Å². The summed E-state index contributed by atoms with van der Waals surface area (Å²) in [6.45, 7) is 7.17. The second kappa shape index (κ2) is 9.07. The molecule has 0 bridgehead atoms. The monoisotopic (exact) mass is 434 g/mol. The Balaban J connectivity index is 1.19. The van der Waals surface area contributed by atoms with Crippen LogP contribution < -0.4 is 5.32 Å². The predicted octanol–water partition coefficient (Wildman–Crippen LogP) is 4.77. The number of nitrogens with one attached hydrogen (secondary N) is 1. The standard InChI is InChI=1S/C25H30N4OS/c1-18-6-11-22-23(15-18)31-25(27-22)19-7-9-20(10-8-19)26-24(30)17-29-14-4-5-21(29)16-28-12-2-3-13-28/h6-11,15,21H,2-5,12-14,16-17H2,1H3,(H,26,30). The number of carbonyl (C=O) groups excluding carboxylic acids is 1. The van der Waals surface area contributed by atoms with Crippen molar-refractivity contribution in [2.45, 2.75) is 38.6 Å². The number of benzene rings is 2. The van der Waals surface area contributed by atoms with Crippen LogP contribution >= 0.6 is 11.3 Å². The number of hydrogen-bond donors (Lipinski definition) is 1. The van der Waals surface area contributed by atoms with Crippen LogP contribution in [-0.4, -0.2) is 59.5 Å². The zero-order chi connectivity index (χ0) is 21.2. The van der Waals surface area contributed by atoms with Crippen molar-refractivity contribution in [3.63, 3.8) is 0 Å². The number of fused-ring (bicyclic) bond motifs is 1. The van der Waals surface area contributed by atoms with Crippen molar-refractivity contribution >= 4 is 33.1 Å². The van der Waals surface area contributed by atoms with Crippen molar-refractivity contribution in [3.8, 4) is 10.6 Å². The van der Waals surface area contributed by atoms with Crippen LogP contribution in [0.2, 0.25) is 0 Å². The van der Waals surface area contributed by atoms with Crippen molar-refractivity contribution in [1.82, 2.24) is 14.8 Å². The third kappa shape index (κ3) is 4.81. The van der Waals surface area contributed by atoms with E-state index in [1.165, 1.54) is 49.0 Å². The quantitative estimate of drug-likeness (QED) is 0.607. The minimum Gasteiger partial charge on any atom is -0.325 e. The van der Waals surface area contributed by atoms with E-state index in [9.17, 15) is 4.79 Å². The summed E-state index contributed by atoms with van der Waals surface area (Å²) in [5, 5.41) is 4.10. The minimum absolute atomic E-state index is 0.0801. The van der Waals surface area contributed by atoms with Crippen LogP contribution in [0.15, 0.2) is 42.5 Å². The molecule has 5 nitrogen and oxygen atoms in total. The molecule has 1 amide bonds. The lowest BCUT2D eigenvalue weighted by atomic mass is 10.2. The first-order valence-corrected chi connectivity index (χ1v) is 12.2. The zero-order valence-corrected chi connectivity index (χ0v) is 19.0. The van der Waals surface area contributed by atoms with Crippen LogP contribution in [-0.2, 0) is 4.79 Å². The van der Waals surface area contributed by atoms with Gasteiger partial charge in [-0.3, -0.25) is 9.69 Å². The molecule has 1 aromatic heterocycles. The lowest BCUT2D eigenvalue weighted by Crippen LogP contribution is -2.42. The fraction of sp³-hybridized carbons (Fsp3) is 0.440. The molecule has 3 aromatic rings. The maximum absolute atomic E-state index is 12.7. The molecule has 1 atom stereocenters. The second-order valence-electron chi connectivity index (χ2n) is 8.89. The lowest BCUT2D eigenvalue weighted by molar-refractivity contribution is -0.117. The fourth-order valence-electron chi connectivity index (χ4n) is 4.81. The number of thiazole rings is 1. The molecule has 162 valence electrons. The van der Waals surface area contributed by atoms with E-state index < -0.39 is 0 Å². The third-order valence-corrected chi connectivity index (χ3v) is 7.54. The molecule has 0 saturated carbocycles. The first-order valence-electron chi connectivity index (χ1n) is 11.4. The van der Waals surface area contributed by atoms with Crippen molar-refractivity contribution in [1.29, 1.82) is 0 Å². The van der Waals surface area contributed by atoms with Crippen molar-refractivity contribution < 1.29 is 4.79 Å². The van der Waals surface area contributed by atoms with Crippen LogP contribution in [0, 0.1) is 6.92 Å². The summed E-state index contributed by atoms with van der Waals surface area (Å²) in [7, 11) is 0. The number of aromatic nitrogens is 1. The minimum atomic E-state index is 0.0801. The Bertz CT molecular complexity index is 1060. The van der Waals surface area contributed by atoms with Crippen LogP contribution in [0.5, 0.6) is 0 Å². The maximum atomic E-state index is 12.7. The molecule has 0 spiro atoms. The molecule has 2 aromatic carbocycles. The fourth-order valence-corrected chi connectivity index (χ4v) is 5.88. The van der Waals surface area contributed by atoms with Crippen LogP contribution in [0.25, 0.3) is 20.8 Å². The van der Waals surface area contributed by atoms with Gasteiger partial charge in [0.2, 0.25) is 5.91 Å². The van der Waals surface area contributed by atoms with E-state index in [0.717, 1.165) is 34.9 Å². The van der Waals surface area contributed by atoms with E-state index >= 15 is 0 Å². The molecule has 2 aliphatic heterocycles. The molecule has 1 N–H and O–H groups in total. The SMILES string of the molecule is Cc1ccc2nc(-c3ccc(NC(=O)CN4CCCC4CN4CCCC4)cc3)sc2c1. The topological polar surface area (TPSA) is 48.5 Å². The van der Waals surface area contributed by atoms with Gasteiger partial charge in [0, 0.05) is 23.8 Å². The Morgan fingerprint density at radius 2 is 1.90 bits per heavy atom. The van der Waals surface area contributed by atoms with Crippen LogP contribution in [0.4, 0.5) is 5.69 Å². The molecule has 31 heavy (non-hydrogen) atoms. The second-order valence-corrected chi connectivity index (χ2v) is 9.92. The summed E-state index contributed by atoms with van der Waals surface area (Å²) in [5.74, 6) is 0.0801. The van der Waals surface area contributed by atoms with E-state index in [4.69, 9.17) is 4.98 Å². The van der Waals surface area contributed by atoms with Gasteiger partial charge < -0.3 is 10.2 Å². The number of aryl methyl sites for hydroxylation is 1. The predicted molar refractivity (Wildman–Crippen MR) is 129 cm³/mol. The highest BCUT2D eigenvalue weighted by atomic mass is 32.1. The molecule has 2 saturated heterocycles. The molecular weight excluding hydrogens is 404 g/mol. The van der Waals surface area contributed by atoms with Gasteiger partial charge in [0.25, 0.3) is 0 Å². The van der Waals surface area contributed by atoms with Crippen molar-refractivity contribution in [2.24, 2.45) is 0 Å². The molecule has 2 fully saturated rings. The largest absolute Gasteiger partial charge is 0.325 e. The summed E-state index contributed by atoms with van der Waals surface area (Å²) in [4.78, 5) is 22.4. The summed E-state index contributed by atoms with van der Waals surface area (Å²) >= 11 is 1.71. The van der Waals surface area contributed by atoms with E-state index in [-0.39, 0.29) is 5.91 Å². The number of amides is 1. The molecule has 0 aliphatic carbocycles. The van der Waals surface area contributed by atoms with Crippen molar-refractivity contribution in [3.05, 3.63) is 48.0 Å². The number of rotatable bonds is 6. The molecule has 2 aliphatic rings. The smallest absolute Gasteiger partial charge is 0.238 e. The molecule has 3 heterocycles. The van der Waals surface area contributed by atoms with Gasteiger partial charge in [-0.1, -0.05) is 6.07 Å². The highest BCUT2D eigenvalue weighted by molar-refractivity contribution is 7.21. The Morgan fingerprint density at radius 1 is 1.10 bits per heavy atom. The Labute approximate surface area is 188 Å². The molecule has 5 rings (SSSR count). The van der Waals surface area contributed by atoms with Gasteiger partial charge in [-0.25, -0.2) is 4.98 Å². The van der Waals surface area contributed by atoms with Gasteiger partial charge in [0.15, 0.2) is 0 Å². The number of carbonyl (C=O) groups is 1. The van der Waals surface area contributed by atoms with Gasteiger partial charge >= 0.3 is 0 Å². The van der Waals surface area contributed by atoms with E-state index in [1.807, 2.05) is 24.3 Å². The first-order chi connectivity index (χ1) is 15.1. The van der Waals surface area contributed by atoms with E-state index in [2.05, 4.69) is 40.2 Å². The third-order valence-electron chi connectivity index (χ3n) is 6.47. The van der Waals surface area contributed by atoms with Crippen LogP contribution in [0.1, 0.15) is 31.2 Å². The van der Waals surface area contributed by atoms with Gasteiger partial charge in [0.05, 0.1) is 16.8 Å². The summed E-state index contributed by atoms with van der Waals surface area (Å²) in [5.41, 5.74) is 4.22. The summed E-state index contributed by atoms with van der Waals surface area (Å²) in [6, 6.07) is 14.9. The molecular formula is C25H30N4OS. The average molecular weight is 435 g/mol. The highest BCUT2D eigenvalue weighted by Crippen LogP contribution is 2.31. The summed E-state index contributed by atoms with van der Waals surface area (Å²) < 4.78 is 1.21. The van der Waals surface area contributed by atoms with E-state index in [0.29, 0.717) is 12.6 Å². The number of likely N-dealkylation sites (tertiary alicyclic amines) is 2. The average Bonchev–Trinajstić information content (AvgIpc) is 3.50.